The summed E-state index contributed by atoms with van der Waals surface area (Å²) in [6, 6.07) is 11.9. The third-order valence-corrected chi connectivity index (χ3v) is 3.76. The summed E-state index contributed by atoms with van der Waals surface area (Å²) >= 11 is 0. The molecular weight excluding hydrogens is 266 g/mol. The number of nitrogens with zero attached hydrogens (tertiary/aromatic N) is 3. The molecule has 1 aromatic carbocycles. The Morgan fingerprint density at radius 3 is 2.71 bits per heavy atom. The average Bonchev–Trinajstić information content (AvgIpc) is 2.98. The zero-order valence-corrected chi connectivity index (χ0v) is 11.9. The van der Waals surface area contributed by atoms with Crippen LogP contribution in [0.2, 0.25) is 0 Å². The van der Waals surface area contributed by atoms with E-state index in [-0.39, 0.29) is 5.92 Å². The Hall–Kier alpha value is -2.43. The fraction of sp³-hybridized carbons (Fsp3) is 0.312. The van der Waals surface area contributed by atoms with Gasteiger partial charge in [-0.25, -0.2) is 9.97 Å². The van der Waals surface area contributed by atoms with Crippen LogP contribution in [0.4, 0.5) is 5.82 Å². The van der Waals surface area contributed by atoms with Crippen LogP contribution < -0.4 is 4.90 Å². The first-order valence-electron chi connectivity index (χ1n) is 7.02. The molecule has 1 atom stereocenters. The molecule has 5 heteroatoms. The summed E-state index contributed by atoms with van der Waals surface area (Å²) in [6.07, 6.45) is 0.666. The van der Waals surface area contributed by atoms with Crippen LogP contribution in [0.1, 0.15) is 12.2 Å². The Kier molecular flexibility index (Phi) is 3.56. The molecule has 2 heterocycles. The molecule has 0 bridgehead atoms. The third-order valence-electron chi connectivity index (χ3n) is 3.76. The van der Waals surface area contributed by atoms with Gasteiger partial charge in [0.1, 0.15) is 11.6 Å². The van der Waals surface area contributed by atoms with Crippen LogP contribution in [-0.2, 0) is 4.79 Å². The van der Waals surface area contributed by atoms with Gasteiger partial charge in [0.05, 0.1) is 11.6 Å². The summed E-state index contributed by atoms with van der Waals surface area (Å²) in [7, 11) is 0. The predicted molar refractivity (Wildman–Crippen MR) is 80.2 cm³/mol. The molecule has 108 valence electrons. The van der Waals surface area contributed by atoms with Gasteiger partial charge >= 0.3 is 5.97 Å². The lowest BCUT2D eigenvalue weighted by atomic mass is 10.1. The molecule has 1 aliphatic rings. The molecule has 1 saturated heterocycles. The minimum Gasteiger partial charge on any atom is -0.481 e. The van der Waals surface area contributed by atoms with Crippen molar-refractivity contribution in [3.63, 3.8) is 0 Å². The second-order valence-electron chi connectivity index (χ2n) is 5.29. The van der Waals surface area contributed by atoms with Crippen LogP contribution in [0, 0.1) is 12.8 Å². The molecule has 1 unspecified atom stereocenters. The minimum atomic E-state index is -0.730. The number of carboxylic acids is 1. The van der Waals surface area contributed by atoms with Gasteiger partial charge in [-0.05, 0) is 13.3 Å². The van der Waals surface area contributed by atoms with Gasteiger partial charge in [0.2, 0.25) is 0 Å². The highest BCUT2D eigenvalue weighted by Crippen LogP contribution is 2.26. The number of carboxylic acid groups (broad SMARTS) is 1. The summed E-state index contributed by atoms with van der Waals surface area (Å²) in [6.45, 7) is 3.10. The second kappa shape index (κ2) is 5.52. The van der Waals surface area contributed by atoms with Crippen molar-refractivity contribution in [3.05, 3.63) is 42.2 Å². The summed E-state index contributed by atoms with van der Waals surface area (Å²) < 4.78 is 0. The first kappa shape index (κ1) is 13.5. The molecular formula is C16H17N3O2. The van der Waals surface area contributed by atoms with E-state index in [0.29, 0.717) is 18.8 Å². The van der Waals surface area contributed by atoms with E-state index >= 15 is 0 Å². The molecule has 1 N–H and O–H groups in total. The summed E-state index contributed by atoms with van der Waals surface area (Å²) in [4.78, 5) is 22.0. The minimum absolute atomic E-state index is 0.305. The number of hydrogen-bond donors (Lipinski definition) is 1. The first-order valence-corrected chi connectivity index (χ1v) is 7.02. The SMILES string of the molecule is Cc1nc(-c2ccccc2)cc(N2CCC(C(=O)O)C2)n1. The maximum atomic E-state index is 11.1. The van der Waals surface area contributed by atoms with Gasteiger partial charge in [-0.3, -0.25) is 4.79 Å². The largest absolute Gasteiger partial charge is 0.481 e. The lowest BCUT2D eigenvalue weighted by molar-refractivity contribution is -0.140. The first-order chi connectivity index (χ1) is 10.1. The molecule has 0 amide bonds. The number of benzene rings is 1. The molecule has 2 aromatic rings. The van der Waals surface area contributed by atoms with E-state index < -0.39 is 5.97 Å². The molecule has 0 spiro atoms. The van der Waals surface area contributed by atoms with Crippen molar-refractivity contribution in [2.45, 2.75) is 13.3 Å². The van der Waals surface area contributed by atoms with Crippen molar-refractivity contribution in [1.82, 2.24) is 9.97 Å². The van der Waals surface area contributed by atoms with Crippen LogP contribution in [0.25, 0.3) is 11.3 Å². The van der Waals surface area contributed by atoms with E-state index in [4.69, 9.17) is 5.11 Å². The molecule has 0 saturated carbocycles. The number of carbonyl (C=O) groups is 1. The van der Waals surface area contributed by atoms with Crippen molar-refractivity contribution in [2.24, 2.45) is 5.92 Å². The molecule has 3 rings (SSSR count). The number of anilines is 1. The lowest BCUT2D eigenvalue weighted by Gasteiger charge is -2.18. The van der Waals surface area contributed by atoms with Crippen molar-refractivity contribution >= 4 is 11.8 Å². The Labute approximate surface area is 123 Å². The maximum absolute atomic E-state index is 11.1. The topological polar surface area (TPSA) is 66.3 Å². The van der Waals surface area contributed by atoms with Crippen molar-refractivity contribution in [1.29, 1.82) is 0 Å². The van der Waals surface area contributed by atoms with E-state index in [1.54, 1.807) is 0 Å². The van der Waals surface area contributed by atoms with Gasteiger partial charge < -0.3 is 10.0 Å². The second-order valence-corrected chi connectivity index (χ2v) is 5.29. The van der Waals surface area contributed by atoms with Crippen molar-refractivity contribution in [2.75, 3.05) is 18.0 Å². The normalized spacial score (nSPS) is 18.0. The van der Waals surface area contributed by atoms with Crippen LogP contribution >= 0.6 is 0 Å². The van der Waals surface area contributed by atoms with Crippen LogP contribution in [0.15, 0.2) is 36.4 Å². The highest BCUT2D eigenvalue weighted by atomic mass is 16.4. The fourth-order valence-corrected chi connectivity index (χ4v) is 2.64. The smallest absolute Gasteiger partial charge is 0.308 e. The third kappa shape index (κ3) is 2.86. The highest BCUT2D eigenvalue weighted by molar-refractivity contribution is 5.72. The number of aryl methyl sites for hydroxylation is 1. The quantitative estimate of drug-likeness (QED) is 0.936. The van der Waals surface area contributed by atoms with Crippen molar-refractivity contribution in [3.8, 4) is 11.3 Å². The zero-order chi connectivity index (χ0) is 14.8. The lowest BCUT2D eigenvalue weighted by Crippen LogP contribution is -2.23. The molecule has 1 aromatic heterocycles. The van der Waals surface area contributed by atoms with Crippen LogP contribution in [0.3, 0.4) is 0 Å². The number of aromatic nitrogens is 2. The molecule has 1 fully saturated rings. The van der Waals surface area contributed by atoms with Crippen molar-refractivity contribution < 1.29 is 9.90 Å². The van der Waals surface area contributed by atoms with Gasteiger partial charge in [0.25, 0.3) is 0 Å². The Bertz CT molecular complexity index is 658. The number of hydrogen-bond acceptors (Lipinski definition) is 4. The molecule has 5 nitrogen and oxygen atoms in total. The molecule has 0 aliphatic carbocycles. The summed E-state index contributed by atoms with van der Waals surface area (Å²) in [5, 5.41) is 9.11. The Morgan fingerprint density at radius 1 is 1.29 bits per heavy atom. The number of rotatable bonds is 3. The average molecular weight is 283 g/mol. The monoisotopic (exact) mass is 283 g/mol. The van der Waals surface area contributed by atoms with E-state index in [2.05, 4.69) is 9.97 Å². The Morgan fingerprint density at radius 2 is 2.05 bits per heavy atom. The van der Waals surface area contributed by atoms with Gasteiger partial charge in [-0.2, -0.15) is 0 Å². The summed E-state index contributed by atoms with van der Waals surface area (Å²) in [5.41, 5.74) is 1.91. The Balaban J connectivity index is 1.91. The highest BCUT2D eigenvalue weighted by Gasteiger charge is 2.29. The van der Waals surface area contributed by atoms with Gasteiger partial charge in [-0.15, -0.1) is 0 Å². The molecule has 0 radical (unpaired) electrons. The van der Waals surface area contributed by atoms with Crippen LogP contribution in [0.5, 0.6) is 0 Å². The van der Waals surface area contributed by atoms with Gasteiger partial charge in [-0.1, -0.05) is 30.3 Å². The molecule has 1 aliphatic heterocycles. The standard InChI is InChI=1S/C16H17N3O2/c1-11-17-14(12-5-3-2-4-6-12)9-15(18-11)19-8-7-13(10-19)16(20)21/h2-6,9,13H,7-8,10H2,1H3,(H,20,21). The fourth-order valence-electron chi connectivity index (χ4n) is 2.64. The maximum Gasteiger partial charge on any atom is 0.308 e. The predicted octanol–water partition coefficient (Wildman–Crippen LogP) is 2.36. The van der Waals surface area contributed by atoms with Crippen LogP contribution in [-0.4, -0.2) is 34.1 Å². The van der Waals surface area contributed by atoms with E-state index in [1.165, 1.54) is 0 Å². The van der Waals surface area contributed by atoms with Gasteiger partial charge in [0.15, 0.2) is 0 Å². The van der Waals surface area contributed by atoms with Gasteiger partial charge in [0, 0.05) is 24.7 Å². The van der Waals surface area contributed by atoms with E-state index in [9.17, 15) is 4.79 Å². The zero-order valence-electron chi connectivity index (χ0n) is 11.9. The molecule has 21 heavy (non-hydrogen) atoms. The van der Waals surface area contributed by atoms with E-state index in [1.807, 2.05) is 48.2 Å². The number of aliphatic carboxylic acids is 1. The van der Waals surface area contributed by atoms with E-state index in [0.717, 1.165) is 23.6 Å². The summed E-state index contributed by atoms with van der Waals surface area (Å²) in [5.74, 6) is 0.474.